The summed E-state index contributed by atoms with van der Waals surface area (Å²) in [4.78, 5) is 18.3. The molecule has 0 atom stereocenters. The van der Waals surface area contributed by atoms with E-state index in [2.05, 4.69) is 4.98 Å². The van der Waals surface area contributed by atoms with Gasteiger partial charge < -0.3 is 14.9 Å². The van der Waals surface area contributed by atoms with E-state index < -0.39 is 15.9 Å². The van der Waals surface area contributed by atoms with Crippen molar-refractivity contribution in [1.29, 1.82) is 0 Å². The van der Waals surface area contributed by atoms with E-state index in [0.29, 0.717) is 41.9 Å². The number of thiazole rings is 1. The summed E-state index contributed by atoms with van der Waals surface area (Å²) >= 11 is 1.17. The fourth-order valence-electron chi connectivity index (χ4n) is 2.06. The van der Waals surface area contributed by atoms with Crippen LogP contribution in [0, 0.1) is 0 Å². The van der Waals surface area contributed by atoms with E-state index in [1.165, 1.54) is 22.4 Å². The van der Waals surface area contributed by atoms with Gasteiger partial charge in [-0.1, -0.05) is 24.7 Å². The van der Waals surface area contributed by atoms with E-state index >= 15 is 0 Å². The molecule has 21 heavy (non-hydrogen) atoms. The van der Waals surface area contributed by atoms with Gasteiger partial charge in [0, 0.05) is 26.2 Å². The SMILES string of the molecule is CCCCS(=O)(=O)c1cnc(N2CCN(C(=O)O)CC2)s1. The molecular weight excluding hydrogens is 314 g/mol. The second-order valence-corrected chi connectivity index (χ2v) is 8.24. The summed E-state index contributed by atoms with van der Waals surface area (Å²) in [5.74, 6) is 0.151. The normalized spacial score (nSPS) is 16.2. The molecule has 1 amide bonds. The summed E-state index contributed by atoms with van der Waals surface area (Å²) in [7, 11) is -3.24. The number of aromatic nitrogens is 1. The Morgan fingerprint density at radius 2 is 2.05 bits per heavy atom. The maximum atomic E-state index is 12.1. The summed E-state index contributed by atoms with van der Waals surface area (Å²) in [6.07, 6.45) is 1.97. The lowest BCUT2D eigenvalue weighted by atomic mass is 10.3. The molecule has 2 rings (SSSR count). The van der Waals surface area contributed by atoms with Crippen LogP contribution >= 0.6 is 11.3 Å². The van der Waals surface area contributed by atoms with Gasteiger partial charge in [-0.2, -0.15) is 0 Å². The highest BCUT2D eigenvalue weighted by Gasteiger charge is 2.24. The molecule has 9 heteroatoms. The Morgan fingerprint density at radius 3 is 2.62 bits per heavy atom. The van der Waals surface area contributed by atoms with Crippen LogP contribution < -0.4 is 4.90 Å². The minimum absolute atomic E-state index is 0.151. The molecule has 1 aliphatic rings. The average molecular weight is 333 g/mol. The summed E-state index contributed by atoms with van der Waals surface area (Å²) in [5, 5.41) is 9.55. The van der Waals surface area contributed by atoms with Crippen LogP contribution in [0.25, 0.3) is 0 Å². The van der Waals surface area contributed by atoms with Crippen molar-refractivity contribution in [1.82, 2.24) is 9.88 Å². The molecule has 2 heterocycles. The third kappa shape index (κ3) is 3.85. The number of rotatable bonds is 5. The van der Waals surface area contributed by atoms with Crippen LogP contribution in [0.1, 0.15) is 19.8 Å². The second-order valence-electron chi connectivity index (χ2n) is 4.89. The summed E-state index contributed by atoms with van der Waals surface area (Å²) in [6.45, 7) is 3.84. The Kier molecular flexibility index (Phi) is 5.04. The fourth-order valence-corrected chi connectivity index (χ4v) is 4.83. The molecule has 7 nitrogen and oxygen atoms in total. The van der Waals surface area contributed by atoms with Gasteiger partial charge in [0.05, 0.1) is 11.9 Å². The van der Waals surface area contributed by atoms with Gasteiger partial charge in [0.25, 0.3) is 0 Å². The Morgan fingerprint density at radius 1 is 1.38 bits per heavy atom. The van der Waals surface area contributed by atoms with Crippen molar-refractivity contribution in [3.8, 4) is 0 Å². The number of amides is 1. The van der Waals surface area contributed by atoms with Crippen molar-refractivity contribution >= 4 is 32.4 Å². The number of carbonyl (C=O) groups is 1. The molecule has 118 valence electrons. The van der Waals surface area contributed by atoms with Crippen molar-refractivity contribution in [2.45, 2.75) is 24.0 Å². The standard InChI is InChI=1S/C12H19N3O4S2/c1-2-3-8-21(18,19)10-9-13-11(20-10)14-4-6-15(7-5-14)12(16)17/h9H,2-8H2,1H3,(H,16,17). The summed E-state index contributed by atoms with van der Waals surface area (Å²) in [6, 6.07) is 0. The predicted octanol–water partition coefficient (Wildman–Crippen LogP) is 1.52. The molecule has 0 unspecified atom stereocenters. The van der Waals surface area contributed by atoms with Gasteiger partial charge in [0.1, 0.15) is 4.21 Å². The van der Waals surface area contributed by atoms with Gasteiger partial charge in [-0.25, -0.2) is 18.2 Å². The van der Waals surface area contributed by atoms with Crippen LogP contribution in [0.4, 0.5) is 9.93 Å². The number of sulfone groups is 1. The van der Waals surface area contributed by atoms with Crippen molar-refractivity contribution in [3.05, 3.63) is 6.20 Å². The van der Waals surface area contributed by atoms with Crippen molar-refractivity contribution in [3.63, 3.8) is 0 Å². The first kappa shape index (κ1) is 16.0. The highest BCUT2D eigenvalue weighted by atomic mass is 32.2. The molecule has 1 saturated heterocycles. The number of hydrogen-bond donors (Lipinski definition) is 1. The van der Waals surface area contributed by atoms with E-state index in [-0.39, 0.29) is 5.75 Å². The molecule has 0 aromatic carbocycles. The van der Waals surface area contributed by atoms with E-state index in [0.717, 1.165) is 6.42 Å². The lowest BCUT2D eigenvalue weighted by molar-refractivity contribution is 0.142. The smallest absolute Gasteiger partial charge is 0.407 e. The maximum absolute atomic E-state index is 12.1. The fraction of sp³-hybridized carbons (Fsp3) is 0.667. The number of hydrogen-bond acceptors (Lipinski definition) is 6. The van der Waals surface area contributed by atoms with Crippen molar-refractivity contribution in [2.24, 2.45) is 0 Å². The third-order valence-corrected chi connectivity index (χ3v) is 6.78. The van der Waals surface area contributed by atoms with Gasteiger partial charge in [-0.15, -0.1) is 0 Å². The number of anilines is 1. The Labute approximate surface area is 128 Å². The number of nitrogens with zero attached hydrogens (tertiary/aromatic N) is 3. The molecule has 0 spiro atoms. The summed E-state index contributed by atoms with van der Waals surface area (Å²) in [5.41, 5.74) is 0. The zero-order chi connectivity index (χ0) is 15.5. The van der Waals surface area contributed by atoms with E-state index in [4.69, 9.17) is 5.11 Å². The molecule has 1 N–H and O–H groups in total. The lowest BCUT2D eigenvalue weighted by Gasteiger charge is -2.32. The van der Waals surface area contributed by atoms with Gasteiger partial charge in [-0.3, -0.25) is 0 Å². The van der Waals surface area contributed by atoms with Crippen LogP contribution in [-0.4, -0.2) is 61.4 Å². The zero-order valence-electron chi connectivity index (χ0n) is 11.9. The van der Waals surface area contributed by atoms with Gasteiger partial charge in [0.2, 0.25) is 0 Å². The minimum Gasteiger partial charge on any atom is -0.465 e. The molecule has 0 saturated carbocycles. The van der Waals surface area contributed by atoms with Crippen LogP contribution in [0.2, 0.25) is 0 Å². The summed E-state index contributed by atoms with van der Waals surface area (Å²) < 4.78 is 24.5. The Hall–Kier alpha value is -1.35. The topological polar surface area (TPSA) is 90.8 Å². The van der Waals surface area contributed by atoms with Crippen molar-refractivity contribution < 1.29 is 18.3 Å². The second kappa shape index (κ2) is 6.61. The highest BCUT2D eigenvalue weighted by molar-refractivity contribution is 7.93. The van der Waals surface area contributed by atoms with E-state index in [9.17, 15) is 13.2 Å². The predicted molar refractivity (Wildman–Crippen MR) is 80.9 cm³/mol. The van der Waals surface area contributed by atoms with Gasteiger partial charge in [-0.05, 0) is 6.42 Å². The Balaban J connectivity index is 2.02. The monoisotopic (exact) mass is 333 g/mol. The van der Waals surface area contributed by atoms with E-state index in [1.54, 1.807) is 0 Å². The number of carboxylic acid groups (broad SMARTS) is 1. The highest BCUT2D eigenvalue weighted by Crippen LogP contribution is 2.28. The average Bonchev–Trinajstić information content (AvgIpc) is 2.96. The first-order chi connectivity index (χ1) is 9.94. The number of unbranched alkanes of at least 4 members (excludes halogenated alkanes) is 1. The molecule has 0 aliphatic carbocycles. The van der Waals surface area contributed by atoms with E-state index in [1.807, 2.05) is 11.8 Å². The van der Waals surface area contributed by atoms with Crippen LogP contribution in [-0.2, 0) is 9.84 Å². The lowest BCUT2D eigenvalue weighted by Crippen LogP contribution is -2.48. The third-order valence-electron chi connectivity index (χ3n) is 3.37. The maximum Gasteiger partial charge on any atom is 0.407 e. The molecular formula is C12H19N3O4S2. The molecule has 0 bridgehead atoms. The quantitative estimate of drug-likeness (QED) is 0.878. The number of piperazine rings is 1. The zero-order valence-corrected chi connectivity index (χ0v) is 13.5. The van der Waals surface area contributed by atoms with Gasteiger partial charge in [0.15, 0.2) is 15.0 Å². The molecule has 0 radical (unpaired) electrons. The first-order valence-electron chi connectivity index (χ1n) is 6.85. The molecule has 1 fully saturated rings. The first-order valence-corrected chi connectivity index (χ1v) is 9.32. The molecule has 1 aromatic rings. The van der Waals surface area contributed by atoms with Crippen LogP contribution in [0.3, 0.4) is 0 Å². The van der Waals surface area contributed by atoms with Gasteiger partial charge >= 0.3 is 6.09 Å². The van der Waals surface area contributed by atoms with Crippen LogP contribution in [0.5, 0.6) is 0 Å². The minimum atomic E-state index is -3.24. The molecule has 1 aliphatic heterocycles. The largest absolute Gasteiger partial charge is 0.465 e. The Bertz CT molecular complexity index is 591. The molecule has 1 aromatic heterocycles. The van der Waals surface area contributed by atoms with Crippen LogP contribution in [0.15, 0.2) is 10.4 Å². The van der Waals surface area contributed by atoms with Crippen molar-refractivity contribution in [2.75, 3.05) is 36.8 Å².